The van der Waals surface area contributed by atoms with Crippen LogP contribution in [0.4, 0.5) is 18.9 Å². The van der Waals surface area contributed by atoms with E-state index in [2.05, 4.69) is 16.2 Å². The summed E-state index contributed by atoms with van der Waals surface area (Å²) in [6.45, 7) is 0. The summed E-state index contributed by atoms with van der Waals surface area (Å²) >= 11 is 0. The molecule has 1 fully saturated rings. The summed E-state index contributed by atoms with van der Waals surface area (Å²) in [5.41, 5.74) is 2.30. The van der Waals surface area contributed by atoms with Crippen LogP contribution in [-0.2, 0) is 10.5 Å². The number of hydrogen-bond acceptors (Lipinski definition) is 3. The Balaban J connectivity index is 2.34. The number of hydrazine groups is 1. The number of rotatable bonds is 3. The first kappa shape index (κ1) is 10.9. The van der Waals surface area contributed by atoms with E-state index in [1.807, 2.05) is 0 Å². The molecule has 1 aromatic carbocycles. The van der Waals surface area contributed by atoms with Crippen molar-refractivity contribution in [3.63, 3.8) is 0 Å². The maximum Gasteiger partial charge on any atom is 0.426 e. The van der Waals surface area contributed by atoms with Crippen molar-refractivity contribution in [2.24, 2.45) is 0 Å². The lowest BCUT2D eigenvalue weighted by molar-refractivity contribution is -0.165. The molecule has 16 heavy (non-hydrogen) atoms. The number of nitrogens with one attached hydrogen (secondary N) is 3. The third-order valence-electron chi connectivity index (χ3n) is 2.32. The molecule has 1 heterocycles. The maximum absolute atomic E-state index is 12.7. The van der Waals surface area contributed by atoms with Crippen molar-refractivity contribution in [3.8, 4) is 0 Å². The Labute approximate surface area is 88.8 Å². The summed E-state index contributed by atoms with van der Waals surface area (Å²) in [7, 11) is 0. The van der Waals surface area contributed by atoms with Gasteiger partial charge in [-0.05, 0) is 12.1 Å². The number of carbonyl (C=O) groups is 1. The SMILES string of the molecule is O=CNc1cccc(C2(C(F)(F)F)NN2)c1. The van der Waals surface area contributed by atoms with Gasteiger partial charge in [0.25, 0.3) is 0 Å². The first-order chi connectivity index (χ1) is 7.49. The highest BCUT2D eigenvalue weighted by atomic mass is 19.4. The summed E-state index contributed by atoms with van der Waals surface area (Å²) in [5, 5.41) is 2.30. The van der Waals surface area contributed by atoms with Crippen LogP contribution in [0.1, 0.15) is 5.56 Å². The van der Waals surface area contributed by atoms with E-state index >= 15 is 0 Å². The molecule has 3 N–H and O–H groups in total. The zero-order chi connectivity index (χ0) is 11.8. The van der Waals surface area contributed by atoms with Gasteiger partial charge in [-0.25, -0.2) is 10.9 Å². The van der Waals surface area contributed by atoms with Gasteiger partial charge in [0.1, 0.15) is 0 Å². The summed E-state index contributed by atoms with van der Waals surface area (Å²) < 4.78 is 38.1. The zero-order valence-electron chi connectivity index (χ0n) is 7.93. The van der Waals surface area contributed by atoms with Crippen molar-refractivity contribution < 1.29 is 18.0 Å². The first-order valence-corrected chi connectivity index (χ1v) is 4.41. The second-order valence-corrected chi connectivity index (χ2v) is 3.34. The van der Waals surface area contributed by atoms with Gasteiger partial charge in [0.15, 0.2) is 0 Å². The number of anilines is 1. The monoisotopic (exact) mass is 231 g/mol. The first-order valence-electron chi connectivity index (χ1n) is 4.41. The van der Waals surface area contributed by atoms with Crippen molar-refractivity contribution in [1.82, 2.24) is 10.9 Å². The number of alkyl halides is 3. The van der Waals surface area contributed by atoms with Crippen LogP contribution >= 0.6 is 0 Å². The highest BCUT2D eigenvalue weighted by Gasteiger charge is 2.65. The lowest BCUT2D eigenvalue weighted by atomic mass is 10.0. The van der Waals surface area contributed by atoms with Crippen LogP contribution in [0, 0.1) is 0 Å². The molecule has 86 valence electrons. The quantitative estimate of drug-likeness (QED) is 0.538. The third kappa shape index (κ3) is 1.63. The molecule has 0 atom stereocenters. The Morgan fingerprint density at radius 3 is 2.50 bits per heavy atom. The molecule has 0 radical (unpaired) electrons. The summed E-state index contributed by atoms with van der Waals surface area (Å²) in [6, 6.07) is 5.53. The van der Waals surface area contributed by atoms with Gasteiger partial charge in [-0.3, -0.25) is 4.79 Å². The minimum absolute atomic E-state index is 0.00634. The topological polar surface area (TPSA) is 73.0 Å². The van der Waals surface area contributed by atoms with Gasteiger partial charge in [0.05, 0.1) is 0 Å². The van der Waals surface area contributed by atoms with Gasteiger partial charge >= 0.3 is 6.18 Å². The van der Waals surface area contributed by atoms with Crippen LogP contribution in [0.15, 0.2) is 24.3 Å². The van der Waals surface area contributed by atoms with Crippen LogP contribution in [-0.4, -0.2) is 12.6 Å². The molecule has 1 saturated heterocycles. The predicted octanol–water partition coefficient (Wildman–Crippen LogP) is 1.08. The average molecular weight is 231 g/mol. The number of amides is 1. The second-order valence-electron chi connectivity index (χ2n) is 3.34. The highest BCUT2D eigenvalue weighted by molar-refractivity contribution is 5.71. The van der Waals surface area contributed by atoms with E-state index in [1.165, 1.54) is 24.3 Å². The van der Waals surface area contributed by atoms with E-state index in [-0.39, 0.29) is 5.56 Å². The second kappa shape index (κ2) is 3.46. The maximum atomic E-state index is 12.7. The van der Waals surface area contributed by atoms with Crippen LogP contribution in [0.25, 0.3) is 0 Å². The van der Waals surface area contributed by atoms with Crippen molar-refractivity contribution in [1.29, 1.82) is 0 Å². The Kier molecular flexibility index (Phi) is 2.36. The van der Waals surface area contributed by atoms with Crippen LogP contribution in [0.3, 0.4) is 0 Å². The Hall–Kier alpha value is -1.60. The molecular formula is C9H8F3N3O. The lowest BCUT2D eigenvalue weighted by Gasteiger charge is -2.16. The third-order valence-corrected chi connectivity index (χ3v) is 2.32. The molecule has 0 unspecified atom stereocenters. The van der Waals surface area contributed by atoms with Gasteiger partial charge in [0, 0.05) is 11.3 Å². The largest absolute Gasteiger partial charge is 0.426 e. The number of halogens is 3. The molecular weight excluding hydrogens is 223 g/mol. The molecule has 0 aromatic heterocycles. The molecule has 7 heteroatoms. The minimum Gasteiger partial charge on any atom is -0.329 e. The molecule has 4 nitrogen and oxygen atoms in total. The van der Waals surface area contributed by atoms with Crippen molar-refractivity contribution in [3.05, 3.63) is 29.8 Å². The van der Waals surface area contributed by atoms with Gasteiger partial charge in [-0.1, -0.05) is 12.1 Å². The van der Waals surface area contributed by atoms with E-state index in [9.17, 15) is 18.0 Å². The Morgan fingerprint density at radius 2 is 2.00 bits per heavy atom. The van der Waals surface area contributed by atoms with Gasteiger partial charge in [-0.15, -0.1) is 0 Å². The average Bonchev–Trinajstić information content (AvgIpc) is 2.98. The van der Waals surface area contributed by atoms with Gasteiger partial charge < -0.3 is 5.32 Å². The number of carbonyl (C=O) groups excluding carboxylic acids is 1. The Morgan fingerprint density at radius 1 is 1.31 bits per heavy atom. The molecule has 2 rings (SSSR count). The molecule has 1 amide bonds. The fourth-order valence-electron chi connectivity index (χ4n) is 1.42. The van der Waals surface area contributed by atoms with Crippen molar-refractivity contribution >= 4 is 12.1 Å². The van der Waals surface area contributed by atoms with Crippen LogP contribution in [0.2, 0.25) is 0 Å². The van der Waals surface area contributed by atoms with Gasteiger partial charge in [0.2, 0.25) is 12.1 Å². The molecule has 1 aliphatic heterocycles. The fourth-order valence-corrected chi connectivity index (χ4v) is 1.42. The minimum atomic E-state index is -4.44. The summed E-state index contributed by atoms with van der Waals surface area (Å²) in [4.78, 5) is 10.2. The fraction of sp³-hybridized carbons (Fsp3) is 0.222. The molecule has 0 spiro atoms. The molecule has 0 aliphatic carbocycles. The van der Waals surface area contributed by atoms with E-state index in [1.54, 1.807) is 0 Å². The smallest absolute Gasteiger partial charge is 0.329 e. The van der Waals surface area contributed by atoms with Crippen LogP contribution in [0.5, 0.6) is 0 Å². The van der Waals surface area contributed by atoms with E-state index in [4.69, 9.17) is 0 Å². The van der Waals surface area contributed by atoms with E-state index in [0.717, 1.165) is 0 Å². The standard InChI is InChI=1S/C9H8F3N3O/c10-9(11,12)8(14-15-8)6-2-1-3-7(4-6)13-5-16/h1-5,14-15H,(H,13,16). The van der Waals surface area contributed by atoms with E-state index in [0.29, 0.717) is 12.1 Å². The Bertz CT molecular complexity index is 415. The van der Waals surface area contributed by atoms with Crippen molar-refractivity contribution in [2.75, 3.05) is 5.32 Å². The molecule has 1 aliphatic rings. The molecule has 0 saturated carbocycles. The number of hydrogen-bond donors (Lipinski definition) is 3. The van der Waals surface area contributed by atoms with E-state index < -0.39 is 11.8 Å². The van der Waals surface area contributed by atoms with Crippen LogP contribution < -0.4 is 16.2 Å². The summed E-state index contributed by atoms with van der Waals surface area (Å²) in [5.74, 6) is 0. The van der Waals surface area contributed by atoms with Crippen molar-refractivity contribution in [2.45, 2.75) is 11.8 Å². The van der Waals surface area contributed by atoms with Gasteiger partial charge in [-0.2, -0.15) is 13.2 Å². The normalized spacial score (nSPS) is 17.9. The number of benzene rings is 1. The highest BCUT2D eigenvalue weighted by Crippen LogP contribution is 2.42. The lowest BCUT2D eigenvalue weighted by Crippen LogP contribution is -2.34. The summed E-state index contributed by atoms with van der Waals surface area (Å²) in [6.07, 6.45) is -4.03. The predicted molar refractivity (Wildman–Crippen MR) is 50.1 cm³/mol. The zero-order valence-corrected chi connectivity index (χ0v) is 7.93. The molecule has 0 bridgehead atoms. The molecule has 1 aromatic rings.